The molecule has 21 heavy (non-hydrogen) atoms. The minimum atomic E-state index is -0.142. The summed E-state index contributed by atoms with van der Waals surface area (Å²) in [6.45, 7) is 2.26. The van der Waals surface area contributed by atoms with Crippen LogP contribution in [0.5, 0.6) is 0 Å². The molecular formula is C18H34N2O. The number of amides is 1. The summed E-state index contributed by atoms with van der Waals surface area (Å²) in [5, 5.41) is 10.4. The molecule has 0 aromatic heterocycles. The van der Waals surface area contributed by atoms with E-state index in [9.17, 15) is 4.79 Å². The molecule has 0 heterocycles. The fourth-order valence-electron chi connectivity index (χ4n) is 2.60. The lowest BCUT2D eigenvalue weighted by Crippen LogP contribution is -2.16. The van der Waals surface area contributed by atoms with Crippen molar-refractivity contribution in [3.8, 4) is 6.19 Å². The zero-order chi connectivity index (χ0) is 15.6. The fourth-order valence-corrected chi connectivity index (χ4v) is 2.60. The van der Waals surface area contributed by atoms with Gasteiger partial charge in [0.1, 0.15) is 0 Å². The SMILES string of the molecule is CCCCCCCCCCCCCCCCC(=O)NC#N. The number of hydrogen-bond acceptors (Lipinski definition) is 2. The van der Waals surface area contributed by atoms with Crippen molar-refractivity contribution in [2.45, 2.75) is 103 Å². The summed E-state index contributed by atoms with van der Waals surface area (Å²) in [7, 11) is 0. The van der Waals surface area contributed by atoms with Crippen LogP contribution in [0.25, 0.3) is 0 Å². The van der Waals surface area contributed by atoms with Crippen LogP contribution in [0.1, 0.15) is 103 Å². The Morgan fingerprint density at radius 2 is 1.14 bits per heavy atom. The van der Waals surface area contributed by atoms with Crippen LogP contribution in [-0.4, -0.2) is 5.91 Å². The lowest BCUT2D eigenvalue weighted by atomic mass is 10.0. The standard InChI is InChI=1S/C18H34N2O/c1-2-3-4-5-6-7-8-9-10-11-12-13-14-15-16-18(21)20-17-19/h2-16H2,1H3,(H,20,21). The van der Waals surface area contributed by atoms with Gasteiger partial charge in [0.25, 0.3) is 0 Å². The van der Waals surface area contributed by atoms with Gasteiger partial charge in [0, 0.05) is 6.42 Å². The van der Waals surface area contributed by atoms with Gasteiger partial charge in [-0.3, -0.25) is 10.1 Å². The molecule has 0 spiro atoms. The number of unbranched alkanes of at least 4 members (excludes halogenated alkanes) is 13. The first-order valence-electron chi connectivity index (χ1n) is 8.99. The Labute approximate surface area is 131 Å². The van der Waals surface area contributed by atoms with E-state index in [1.54, 1.807) is 6.19 Å². The highest BCUT2D eigenvalue weighted by atomic mass is 16.1. The Morgan fingerprint density at radius 1 is 0.762 bits per heavy atom. The number of nitrogens with one attached hydrogen (secondary N) is 1. The van der Waals surface area contributed by atoms with E-state index in [1.807, 2.05) is 0 Å². The molecule has 0 rings (SSSR count). The van der Waals surface area contributed by atoms with Crippen LogP contribution in [-0.2, 0) is 4.79 Å². The summed E-state index contributed by atoms with van der Waals surface area (Å²) in [4.78, 5) is 11.0. The molecule has 0 radical (unpaired) electrons. The van der Waals surface area contributed by atoms with Crippen molar-refractivity contribution < 1.29 is 4.79 Å². The number of rotatable bonds is 15. The predicted molar refractivity (Wildman–Crippen MR) is 88.7 cm³/mol. The zero-order valence-electron chi connectivity index (χ0n) is 14.0. The summed E-state index contributed by atoms with van der Waals surface area (Å²) >= 11 is 0. The molecule has 0 aromatic rings. The topological polar surface area (TPSA) is 52.9 Å². The van der Waals surface area contributed by atoms with Gasteiger partial charge in [-0.25, -0.2) is 0 Å². The van der Waals surface area contributed by atoms with Crippen molar-refractivity contribution in [3.63, 3.8) is 0 Å². The van der Waals surface area contributed by atoms with E-state index in [-0.39, 0.29) is 5.91 Å². The fraction of sp³-hybridized carbons (Fsp3) is 0.889. The third-order valence-corrected chi connectivity index (χ3v) is 3.95. The Hall–Kier alpha value is -1.04. The minimum absolute atomic E-state index is 0.142. The molecule has 0 bridgehead atoms. The van der Waals surface area contributed by atoms with Crippen LogP contribution in [0.2, 0.25) is 0 Å². The molecule has 0 saturated carbocycles. The van der Waals surface area contributed by atoms with Gasteiger partial charge in [-0.05, 0) is 6.42 Å². The molecule has 0 fully saturated rings. The molecule has 3 heteroatoms. The maximum Gasteiger partial charge on any atom is 0.232 e. The Balaban J connectivity index is 3.03. The van der Waals surface area contributed by atoms with Crippen molar-refractivity contribution in [2.75, 3.05) is 0 Å². The van der Waals surface area contributed by atoms with Crippen molar-refractivity contribution in [3.05, 3.63) is 0 Å². The van der Waals surface area contributed by atoms with Crippen molar-refractivity contribution >= 4 is 5.91 Å². The van der Waals surface area contributed by atoms with E-state index in [1.165, 1.54) is 77.0 Å². The average Bonchev–Trinajstić information content (AvgIpc) is 2.48. The van der Waals surface area contributed by atoms with E-state index in [2.05, 4.69) is 12.2 Å². The summed E-state index contributed by atoms with van der Waals surface area (Å²) in [5.41, 5.74) is 0. The van der Waals surface area contributed by atoms with E-state index >= 15 is 0 Å². The maximum atomic E-state index is 11.0. The van der Waals surface area contributed by atoms with Gasteiger partial charge in [0.2, 0.25) is 5.91 Å². The van der Waals surface area contributed by atoms with Gasteiger partial charge in [0.05, 0.1) is 0 Å². The van der Waals surface area contributed by atoms with Crippen LogP contribution in [0.3, 0.4) is 0 Å². The Kier molecular flexibility index (Phi) is 16.2. The Morgan fingerprint density at radius 3 is 1.52 bits per heavy atom. The number of carbonyl (C=O) groups is 1. The monoisotopic (exact) mass is 294 g/mol. The lowest BCUT2D eigenvalue weighted by molar-refractivity contribution is -0.120. The maximum absolute atomic E-state index is 11.0. The minimum Gasteiger partial charge on any atom is -0.274 e. The van der Waals surface area contributed by atoms with Gasteiger partial charge in [-0.1, -0.05) is 90.4 Å². The third kappa shape index (κ3) is 16.9. The molecule has 0 saturated heterocycles. The molecule has 0 aliphatic rings. The van der Waals surface area contributed by atoms with E-state index in [0.29, 0.717) is 6.42 Å². The van der Waals surface area contributed by atoms with Gasteiger partial charge in [0.15, 0.2) is 6.19 Å². The molecule has 122 valence electrons. The summed E-state index contributed by atoms with van der Waals surface area (Å²) in [5.74, 6) is -0.142. The molecule has 3 nitrogen and oxygen atoms in total. The van der Waals surface area contributed by atoms with E-state index < -0.39 is 0 Å². The summed E-state index contributed by atoms with van der Waals surface area (Å²) in [6, 6.07) is 0. The zero-order valence-corrected chi connectivity index (χ0v) is 14.0. The van der Waals surface area contributed by atoms with Crippen LogP contribution in [0.15, 0.2) is 0 Å². The van der Waals surface area contributed by atoms with Crippen molar-refractivity contribution in [2.24, 2.45) is 0 Å². The third-order valence-electron chi connectivity index (χ3n) is 3.95. The van der Waals surface area contributed by atoms with Gasteiger partial charge < -0.3 is 0 Å². The van der Waals surface area contributed by atoms with Crippen LogP contribution >= 0.6 is 0 Å². The second-order valence-electron chi connectivity index (χ2n) is 6.01. The highest BCUT2D eigenvalue weighted by molar-refractivity contribution is 5.77. The quantitative estimate of drug-likeness (QED) is 0.248. The molecule has 0 unspecified atom stereocenters. The second kappa shape index (κ2) is 17.0. The van der Waals surface area contributed by atoms with Crippen molar-refractivity contribution in [1.29, 1.82) is 5.26 Å². The molecule has 0 aromatic carbocycles. The van der Waals surface area contributed by atoms with Crippen LogP contribution < -0.4 is 5.32 Å². The molecule has 1 amide bonds. The number of nitriles is 1. The lowest BCUT2D eigenvalue weighted by Gasteiger charge is -2.03. The van der Waals surface area contributed by atoms with Gasteiger partial charge >= 0.3 is 0 Å². The first-order valence-corrected chi connectivity index (χ1v) is 8.99. The number of hydrogen-bond donors (Lipinski definition) is 1. The van der Waals surface area contributed by atoms with Crippen LogP contribution in [0, 0.1) is 11.5 Å². The predicted octanol–water partition coefficient (Wildman–Crippen LogP) is 5.46. The largest absolute Gasteiger partial charge is 0.274 e. The normalized spacial score (nSPS) is 10.3. The number of nitrogens with zero attached hydrogens (tertiary/aromatic N) is 1. The molecule has 0 aliphatic carbocycles. The van der Waals surface area contributed by atoms with E-state index in [4.69, 9.17) is 5.26 Å². The smallest absolute Gasteiger partial charge is 0.232 e. The summed E-state index contributed by atoms with van der Waals surface area (Å²) in [6.07, 6.45) is 20.6. The molecular weight excluding hydrogens is 260 g/mol. The first-order chi connectivity index (χ1) is 10.3. The summed E-state index contributed by atoms with van der Waals surface area (Å²) < 4.78 is 0. The molecule has 0 aliphatic heterocycles. The van der Waals surface area contributed by atoms with Gasteiger partial charge in [-0.2, -0.15) is 5.26 Å². The Bertz CT molecular complexity index is 271. The van der Waals surface area contributed by atoms with Crippen LogP contribution in [0.4, 0.5) is 0 Å². The molecule has 1 N–H and O–H groups in total. The number of carbonyl (C=O) groups excluding carboxylic acids is 1. The van der Waals surface area contributed by atoms with Crippen molar-refractivity contribution in [1.82, 2.24) is 5.32 Å². The second-order valence-corrected chi connectivity index (χ2v) is 6.01. The highest BCUT2D eigenvalue weighted by Gasteiger charge is 1.99. The van der Waals surface area contributed by atoms with Gasteiger partial charge in [-0.15, -0.1) is 0 Å². The molecule has 0 atom stereocenters. The first kappa shape index (κ1) is 20.0. The average molecular weight is 294 g/mol. The highest BCUT2D eigenvalue weighted by Crippen LogP contribution is 2.13. The van der Waals surface area contributed by atoms with E-state index in [0.717, 1.165) is 12.8 Å².